The average Bonchev–Trinajstić information content (AvgIpc) is 2.74. The molecule has 15 heavy (non-hydrogen) atoms. The van der Waals surface area contributed by atoms with Crippen LogP contribution in [0.1, 0.15) is 12.6 Å². The number of anilines is 1. The fourth-order valence-corrected chi connectivity index (χ4v) is 2.56. The van der Waals surface area contributed by atoms with Gasteiger partial charge in [-0.25, -0.2) is 9.97 Å². The highest BCUT2D eigenvalue weighted by Crippen LogP contribution is 2.45. The summed E-state index contributed by atoms with van der Waals surface area (Å²) in [5, 5.41) is 0. The SMILES string of the molecule is CC1=C2C(N)C1CN2c1cc(C)ncn1. The minimum atomic E-state index is 0.222. The lowest BCUT2D eigenvalue weighted by Gasteiger charge is -2.28. The summed E-state index contributed by atoms with van der Waals surface area (Å²) in [6, 6.07) is 2.23. The summed E-state index contributed by atoms with van der Waals surface area (Å²) in [5.74, 6) is 1.52. The van der Waals surface area contributed by atoms with Gasteiger partial charge in [-0.3, -0.25) is 0 Å². The second-order valence-corrected chi connectivity index (χ2v) is 4.33. The van der Waals surface area contributed by atoms with Crippen molar-refractivity contribution >= 4 is 5.82 Å². The molecule has 1 fully saturated rings. The van der Waals surface area contributed by atoms with Gasteiger partial charge in [-0.15, -0.1) is 0 Å². The highest BCUT2D eigenvalue weighted by molar-refractivity contribution is 5.59. The van der Waals surface area contributed by atoms with Crippen LogP contribution in [-0.2, 0) is 0 Å². The van der Waals surface area contributed by atoms with Gasteiger partial charge in [0.1, 0.15) is 12.1 Å². The van der Waals surface area contributed by atoms with Gasteiger partial charge in [0, 0.05) is 29.9 Å². The highest BCUT2D eigenvalue weighted by atomic mass is 15.3. The van der Waals surface area contributed by atoms with Gasteiger partial charge in [-0.1, -0.05) is 0 Å². The van der Waals surface area contributed by atoms with Crippen molar-refractivity contribution in [2.75, 3.05) is 11.4 Å². The zero-order valence-electron chi connectivity index (χ0n) is 8.94. The number of hydrogen-bond donors (Lipinski definition) is 1. The summed E-state index contributed by atoms with van der Waals surface area (Å²) in [5.41, 5.74) is 9.73. The summed E-state index contributed by atoms with van der Waals surface area (Å²) in [4.78, 5) is 10.6. The maximum atomic E-state index is 6.04. The van der Waals surface area contributed by atoms with Gasteiger partial charge < -0.3 is 10.6 Å². The van der Waals surface area contributed by atoms with Crippen LogP contribution >= 0.6 is 0 Å². The predicted molar refractivity (Wildman–Crippen MR) is 58.3 cm³/mol. The molecule has 1 aromatic heterocycles. The Kier molecular flexibility index (Phi) is 1.65. The molecule has 0 amide bonds. The number of nitrogens with zero attached hydrogens (tertiary/aromatic N) is 3. The minimum absolute atomic E-state index is 0.222. The fraction of sp³-hybridized carbons (Fsp3) is 0.455. The second kappa shape index (κ2) is 2.79. The number of aromatic nitrogens is 2. The van der Waals surface area contributed by atoms with Gasteiger partial charge in [-0.2, -0.15) is 0 Å². The Morgan fingerprint density at radius 1 is 1.40 bits per heavy atom. The summed E-state index contributed by atoms with van der Waals surface area (Å²) < 4.78 is 0. The molecule has 0 radical (unpaired) electrons. The van der Waals surface area contributed by atoms with Crippen LogP contribution in [0.25, 0.3) is 0 Å². The quantitative estimate of drug-likeness (QED) is 0.733. The standard InChI is InChI=1S/C11H14N4/c1-6-3-9(14-5-13-6)15-4-8-7(2)11(15)10(8)12/h3,5,8,10H,4,12H2,1-2H3. The van der Waals surface area contributed by atoms with Gasteiger partial charge in [-0.05, 0) is 19.4 Å². The summed E-state index contributed by atoms with van der Waals surface area (Å²) in [7, 11) is 0. The lowest BCUT2D eigenvalue weighted by atomic mass is 9.83. The lowest BCUT2D eigenvalue weighted by molar-refractivity contribution is 0.552. The Hall–Kier alpha value is -1.42. The van der Waals surface area contributed by atoms with Crippen LogP contribution in [-0.4, -0.2) is 22.6 Å². The normalized spacial score (nSPS) is 28.3. The van der Waals surface area contributed by atoms with Gasteiger partial charge in [0.05, 0.1) is 6.04 Å². The Labute approximate surface area is 88.8 Å². The van der Waals surface area contributed by atoms with Crippen molar-refractivity contribution in [3.63, 3.8) is 0 Å². The number of aryl methyl sites for hydroxylation is 1. The van der Waals surface area contributed by atoms with Crippen LogP contribution in [0.4, 0.5) is 5.82 Å². The maximum absolute atomic E-state index is 6.04. The van der Waals surface area contributed by atoms with E-state index in [2.05, 4.69) is 21.8 Å². The van der Waals surface area contributed by atoms with Crippen molar-refractivity contribution in [1.82, 2.24) is 9.97 Å². The zero-order chi connectivity index (χ0) is 10.6. The molecule has 1 aromatic rings. The van der Waals surface area contributed by atoms with Crippen LogP contribution in [0.2, 0.25) is 0 Å². The topological polar surface area (TPSA) is 55.0 Å². The van der Waals surface area contributed by atoms with Crippen molar-refractivity contribution in [3.05, 3.63) is 29.4 Å². The third kappa shape index (κ3) is 1.05. The Morgan fingerprint density at radius 2 is 2.20 bits per heavy atom. The van der Waals surface area contributed by atoms with Crippen molar-refractivity contribution in [3.8, 4) is 0 Å². The second-order valence-electron chi connectivity index (χ2n) is 4.33. The van der Waals surface area contributed by atoms with E-state index in [0.29, 0.717) is 5.92 Å². The molecule has 0 saturated carbocycles. The molecule has 2 aliphatic heterocycles. The first-order valence-electron chi connectivity index (χ1n) is 5.21. The van der Waals surface area contributed by atoms with Crippen LogP contribution in [0.15, 0.2) is 23.7 Å². The molecular weight excluding hydrogens is 188 g/mol. The largest absolute Gasteiger partial charge is 0.328 e. The van der Waals surface area contributed by atoms with Crippen molar-refractivity contribution < 1.29 is 0 Å². The molecule has 2 bridgehead atoms. The van der Waals surface area contributed by atoms with Crippen LogP contribution in [0.5, 0.6) is 0 Å². The van der Waals surface area contributed by atoms with E-state index in [4.69, 9.17) is 5.73 Å². The molecule has 1 aliphatic carbocycles. The Bertz CT molecular complexity index is 452. The molecule has 4 heteroatoms. The molecule has 2 N–H and O–H groups in total. The first-order chi connectivity index (χ1) is 7.18. The van der Waals surface area contributed by atoms with E-state index in [1.807, 2.05) is 13.0 Å². The highest BCUT2D eigenvalue weighted by Gasteiger charge is 2.47. The molecule has 4 rings (SSSR count). The number of rotatable bonds is 1. The predicted octanol–water partition coefficient (Wildman–Crippen LogP) is 0.836. The van der Waals surface area contributed by atoms with E-state index in [1.165, 1.54) is 11.3 Å². The van der Waals surface area contributed by atoms with Gasteiger partial charge in [0.25, 0.3) is 0 Å². The molecule has 0 spiro atoms. The van der Waals surface area contributed by atoms with Crippen LogP contribution in [0.3, 0.4) is 0 Å². The Morgan fingerprint density at radius 3 is 2.73 bits per heavy atom. The molecule has 2 unspecified atom stereocenters. The molecule has 3 heterocycles. The molecule has 2 atom stereocenters. The van der Waals surface area contributed by atoms with E-state index in [0.717, 1.165) is 18.1 Å². The number of hydrogen-bond acceptors (Lipinski definition) is 4. The van der Waals surface area contributed by atoms with Crippen LogP contribution < -0.4 is 10.6 Å². The molecule has 0 aromatic carbocycles. The molecule has 3 aliphatic rings. The van der Waals surface area contributed by atoms with Gasteiger partial charge >= 0.3 is 0 Å². The number of fused-ring (bicyclic) bond motifs is 1. The first kappa shape index (κ1) is 8.85. The van der Waals surface area contributed by atoms with E-state index < -0.39 is 0 Å². The maximum Gasteiger partial charge on any atom is 0.136 e. The summed E-state index contributed by atoms with van der Waals surface area (Å²) >= 11 is 0. The first-order valence-corrected chi connectivity index (χ1v) is 5.21. The van der Waals surface area contributed by atoms with E-state index in [1.54, 1.807) is 6.33 Å². The van der Waals surface area contributed by atoms with Gasteiger partial charge in [0.2, 0.25) is 0 Å². The number of nitrogens with two attached hydrogens (primary N) is 1. The summed E-state index contributed by atoms with van der Waals surface area (Å²) in [6.45, 7) is 5.13. The Balaban J connectivity index is 1.98. The van der Waals surface area contributed by atoms with Crippen molar-refractivity contribution in [2.24, 2.45) is 11.7 Å². The van der Waals surface area contributed by atoms with Crippen LogP contribution in [0, 0.1) is 12.8 Å². The molecule has 4 nitrogen and oxygen atoms in total. The smallest absolute Gasteiger partial charge is 0.136 e. The molecular formula is C11H14N4. The zero-order valence-corrected chi connectivity index (χ0v) is 8.94. The van der Waals surface area contributed by atoms with E-state index in [-0.39, 0.29) is 6.04 Å². The molecule has 1 saturated heterocycles. The summed E-state index contributed by atoms with van der Waals surface area (Å²) in [6.07, 6.45) is 1.61. The van der Waals surface area contributed by atoms with Gasteiger partial charge in [0.15, 0.2) is 0 Å². The van der Waals surface area contributed by atoms with Crippen molar-refractivity contribution in [2.45, 2.75) is 19.9 Å². The minimum Gasteiger partial charge on any atom is -0.328 e. The lowest BCUT2D eigenvalue weighted by Crippen LogP contribution is -2.37. The monoisotopic (exact) mass is 202 g/mol. The third-order valence-corrected chi connectivity index (χ3v) is 3.45. The van der Waals surface area contributed by atoms with Crippen molar-refractivity contribution in [1.29, 1.82) is 0 Å². The average molecular weight is 202 g/mol. The van der Waals surface area contributed by atoms with E-state index in [9.17, 15) is 0 Å². The fourth-order valence-electron chi connectivity index (χ4n) is 2.56. The molecule has 78 valence electrons. The van der Waals surface area contributed by atoms with E-state index >= 15 is 0 Å². The third-order valence-electron chi connectivity index (χ3n) is 3.45.